The van der Waals surface area contributed by atoms with Crippen molar-refractivity contribution in [2.75, 3.05) is 17.3 Å². The minimum Gasteiger partial charge on any atom is -0.295 e. The third kappa shape index (κ3) is 1.95. The summed E-state index contributed by atoms with van der Waals surface area (Å²) in [4.78, 5) is 21.7. The second-order valence-electron chi connectivity index (χ2n) is 3.69. The third-order valence-electron chi connectivity index (χ3n) is 2.53. The van der Waals surface area contributed by atoms with Gasteiger partial charge >= 0.3 is 0 Å². The fourth-order valence-electron chi connectivity index (χ4n) is 1.75. The lowest BCUT2D eigenvalue weighted by molar-refractivity contribution is -0.117. The van der Waals surface area contributed by atoms with Crippen molar-refractivity contribution in [1.82, 2.24) is 9.97 Å². The van der Waals surface area contributed by atoms with E-state index in [0.717, 1.165) is 5.69 Å². The van der Waals surface area contributed by atoms with E-state index < -0.39 is 0 Å². The van der Waals surface area contributed by atoms with Crippen molar-refractivity contribution >= 4 is 23.3 Å². The Balaban J connectivity index is 2.25. The van der Waals surface area contributed by atoms with Crippen molar-refractivity contribution in [1.29, 1.82) is 0 Å². The highest BCUT2D eigenvalue weighted by Crippen LogP contribution is 2.25. The quantitative estimate of drug-likeness (QED) is 0.715. The lowest BCUT2D eigenvalue weighted by Gasteiger charge is -2.16. The standard InChI is InChI=1S/C10H12ClN3O/c1-7-10(13-3-2-12-7)14-6-8(5-11)4-9(14)15/h2-3,8H,4-6H2,1H3. The molecule has 2 heterocycles. The van der Waals surface area contributed by atoms with Gasteiger partial charge in [0.15, 0.2) is 5.82 Å². The van der Waals surface area contributed by atoms with Crippen LogP contribution < -0.4 is 4.90 Å². The second kappa shape index (κ2) is 4.14. The van der Waals surface area contributed by atoms with Gasteiger partial charge in [0.1, 0.15) is 0 Å². The van der Waals surface area contributed by atoms with Crippen molar-refractivity contribution < 1.29 is 4.79 Å². The summed E-state index contributed by atoms with van der Waals surface area (Å²) in [5, 5.41) is 0. The Hall–Kier alpha value is -1.16. The summed E-state index contributed by atoms with van der Waals surface area (Å²) < 4.78 is 0. The zero-order valence-corrected chi connectivity index (χ0v) is 9.24. The predicted molar refractivity (Wildman–Crippen MR) is 57.9 cm³/mol. The molecule has 15 heavy (non-hydrogen) atoms. The molecule has 1 amide bonds. The van der Waals surface area contributed by atoms with Gasteiger partial charge in [-0.3, -0.25) is 14.7 Å². The number of anilines is 1. The van der Waals surface area contributed by atoms with Gasteiger partial charge in [0.2, 0.25) is 5.91 Å². The van der Waals surface area contributed by atoms with Crippen LogP contribution in [0.15, 0.2) is 12.4 Å². The highest BCUT2D eigenvalue weighted by atomic mass is 35.5. The molecule has 1 aromatic heterocycles. The molecule has 1 aliphatic rings. The fraction of sp³-hybridized carbons (Fsp3) is 0.500. The van der Waals surface area contributed by atoms with Crippen LogP contribution in [0, 0.1) is 12.8 Å². The van der Waals surface area contributed by atoms with Gasteiger partial charge in [-0.1, -0.05) is 0 Å². The maximum absolute atomic E-state index is 11.7. The van der Waals surface area contributed by atoms with E-state index in [9.17, 15) is 4.79 Å². The van der Waals surface area contributed by atoms with Gasteiger partial charge in [-0.25, -0.2) is 4.98 Å². The molecule has 80 valence electrons. The number of rotatable bonds is 2. The van der Waals surface area contributed by atoms with Crippen molar-refractivity contribution in [3.8, 4) is 0 Å². The Bertz CT molecular complexity index is 383. The van der Waals surface area contributed by atoms with Crippen LogP contribution in [0.5, 0.6) is 0 Å². The van der Waals surface area contributed by atoms with E-state index in [2.05, 4.69) is 9.97 Å². The van der Waals surface area contributed by atoms with Crippen LogP contribution in [0.1, 0.15) is 12.1 Å². The first-order valence-electron chi connectivity index (χ1n) is 4.86. The highest BCUT2D eigenvalue weighted by Gasteiger charge is 2.31. The smallest absolute Gasteiger partial charge is 0.228 e. The molecule has 1 unspecified atom stereocenters. The van der Waals surface area contributed by atoms with E-state index in [1.807, 2.05) is 6.92 Å². The van der Waals surface area contributed by atoms with Crippen LogP contribution >= 0.6 is 11.6 Å². The van der Waals surface area contributed by atoms with Crippen molar-refractivity contribution in [2.24, 2.45) is 5.92 Å². The molecule has 1 fully saturated rings. The van der Waals surface area contributed by atoms with Crippen LogP contribution in [0.2, 0.25) is 0 Å². The van der Waals surface area contributed by atoms with E-state index in [-0.39, 0.29) is 11.8 Å². The molecule has 0 aromatic carbocycles. The Labute approximate surface area is 93.3 Å². The van der Waals surface area contributed by atoms with Gasteiger partial charge in [-0.15, -0.1) is 11.6 Å². The summed E-state index contributed by atoms with van der Waals surface area (Å²) in [7, 11) is 0. The van der Waals surface area contributed by atoms with Crippen molar-refractivity contribution in [3.63, 3.8) is 0 Å². The monoisotopic (exact) mass is 225 g/mol. The number of hydrogen-bond donors (Lipinski definition) is 0. The summed E-state index contributed by atoms with van der Waals surface area (Å²) >= 11 is 5.75. The van der Waals surface area contributed by atoms with Gasteiger partial charge in [-0.05, 0) is 12.8 Å². The average molecular weight is 226 g/mol. The van der Waals surface area contributed by atoms with Crippen LogP contribution in [0.3, 0.4) is 0 Å². The first kappa shape index (κ1) is 10.4. The number of carbonyl (C=O) groups excluding carboxylic acids is 1. The molecule has 0 aliphatic carbocycles. The third-order valence-corrected chi connectivity index (χ3v) is 2.97. The van der Waals surface area contributed by atoms with Crippen molar-refractivity contribution in [3.05, 3.63) is 18.1 Å². The molecular weight excluding hydrogens is 214 g/mol. The predicted octanol–water partition coefficient (Wildman–Crippen LogP) is 1.38. The average Bonchev–Trinajstić information content (AvgIpc) is 2.60. The van der Waals surface area contributed by atoms with Gasteiger partial charge in [0.25, 0.3) is 0 Å². The Morgan fingerprint density at radius 1 is 1.53 bits per heavy atom. The molecule has 0 saturated carbocycles. The van der Waals surface area contributed by atoms with Crippen LogP contribution in [0.4, 0.5) is 5.82 Å². The molecule has 0 N–H and O–H groups in total. The van der Waals surface area contributed by atoms with E-state index in [0.29, 0.717) is 24.7 Å². The number of aryl methyl sites for hydroxylation is 1. The van der Waals surface area contributed by atoms with Gasteiger partial charge in [0, 0.05) is 31.2 Å². The first-order valence-corrected chi connectivity index (χ1v) is 5.39. The number of hydrogen-bond acceptors (Lipinski definition) is 3. The van der Waals surface area contributed by atoms with E-state index in [1.165, 1.54) is 0 Å². The largest absolute Gasteiger partial charge is 0.295 e. The molecule has 5 heteroatoms. The molecule has 0 radical (unpaired) electrons. The summed E-state index contributed by atoms with van der Waals surface area (Å²) in [5.74, 6) is 1.50. The lowest BCUT2D eigenvalue weighted by Crippen LogP contribution is -2.26. The zero-order chi connectivity index (χ0) is 10.8. The maximum atomic E-state index is 11.7. The van der Waals surface area contributed by atoms with E-state index in [4.69, 9.17) is 11.6 Å². The zero-order valence-electron chi connectivity index (χ0n) is 8.48. The number of carbonyl (C=O) groups is 1. The molecule has 1 aromatic rings. The number of alkyl halides is 1. The Kier molecular flexibility index (Phi) is 2.86. The molecule has 4 nitrogen and oxygen atoms in total. The number of amides is 1. The Morgan fingerprint density at radius 3 is 2.87 bits per heavy atom. The highest BCUT2D eigenvalue weighted by molar-refractivity contribution is 6.18. The van der Waals surface area contributed by atoms with Gasteiger partial charge in [-0.2, -0.15) is 0 Å². The number of nitrogens with zero attached hydrogens (tertiary/aromatic N) is 3. The number of halogens is 1. The molecule has 1 saturated heterocycles. The normalized spacial score (nSPS) is 21.1. The molecular formula is C10H12ClN3O. The Morgan fingerprint density at radius 2 is 2.27 bits per heavy atom. The minimum absolute atomic E-state index is 0.0873. The number of aromatic nitrogens is 2. The first-order chi connectivity index (χ1) is 7.22. The fourth-order valence-corrected chi connectivity index (χ4v) is 1.96. The van der Waals surface area contributed by atoms with Gasteiger partial charge < -0.3 is 0 Å². The second-order valence-corrected chi connectivity index (χ2v) is 4.00. The molecule has 1 atom stereocenters. The summed E-state index contributed by atoms with van der Waals surface area (Å²) in [6, 6.07) is 0. The topological polar surface area (TPSA) is 46.1 Å². The van der Waals surface area contributed by atoms with Gasteiger partial charge in [0.05, 0.1) is 5.69 Å². The minimum atomic E-state index is 0.0873. The molecule has 0 spiro atoms. The van der Waals surface area contributed by atoms with Crippen LogP contribution in [0.25, 0.3) is 0 Å². The molecule has 1 aliphatic heterocycles. The summed E-state index contributed by atoms with van der Waals surface area (Å²) in [5.41, 5.74) is 0.779. The molecule has 0 bridgehead atoms. The van der Waals surface area contributed by atoms with Crippen LogP contribution in [-0.4, -0.2) is 28.3 Å². The van der Waals surface area contributed by atoms with Crippen molar-refractivity contribution in [2.45, 2.75) is 13.3 Å². The van der Waals surface area contributed by atoms with E-state index >= 15 is 0 Å². The van der Waals surface area contributed by atoms with E-state index in [1.54, 1.807) is 17.3 Å². The summed E-state index contributed by atoms with van der Waals surface area (Å²) in [6.45, 7) is 2.51. The SMILES string of the molecule is Cc1nccnc1N1CC(CCl)CC1=O. The lowest BCUT2D eigenvalue weighted by atomic mass is 10.1. The maximum Gasteiger partial charge on any atom is 0.228 e. The van der Waals surface area contributed by atoms with Crippen LogP contribution in [-0.2, 0) is 4.79 Å². The summed E-state index contributed by atoms with van der Waals surface area (Å²) in [6.07, 6.45) is 3.74. The molecule has 2 rings (SSSR count).